The van der Waals surface area contributed by atoms with Gasteiger partial charge in [-0.3, -0.25) is 14.9 Å². The van der Waals surface area contributed by atoms with Crippen LogP contribution in [0.1, 0.15) is 24.0 Å². The highest BCUT2D eigenvalue weighted by Crippen LogP contribution is 2.35. The van der Waals surface area contributed by atoms with Gasteiger partial charge in [0.1, 0.15) is 5.75 Å². The lowest BCUT2D eigenvalue weighted by Crippen LogP contribution is -2.40. The Labute approximate surface area is 174 Å². The third-order valence-electron chi connectivity index (χ3n) is 5.29. The van der Waals surface area contributed by atoms with Gasteiger partial charge in [-0.15, -0.1) is 0 Å². The molecule has 1 saturated heterocycles. The molecule has 2 aromatic rings. The second-order valence-corrected chi connectivity index (χ2v) is 7.58. The lowest BCUT2D eigenvalue weighted by molar-refractivity contribution is -0.385. The van der Waals surface area contributed by atoms with Crippen LogP contribution in [0.4, 0.5) is 11.4 Å². The number of piperidine rings is 1. The number of amides is 1. The number of halogens is 1. The third-order valence-corrected chi connectivity index (χ3v) is 5.60. The van der Waals surface area contributed by atoms with Gasteiger partial charge in [-0.2, -0.15) is 0 Å². The van der Waals surface area contributed by atoms with Crippen molar-refractivity contribution in [2.24, 2.45) is 5.92 Å². The Bertz CT molecular complexity index is 894. The highest BCUT2D eigenvalue weighted by atomic mass is 35.5. The number of carbonyl (C=O) groups is 1. The molecule has 1 heterocycles. The van der Waals surface area contributed by atoms with E-state index in [0.717, 1.165) is 17.0 Å². The first kappa shape index (κ1) is 20.9. The van der Waals surface area contributed by atoms with Crippen LogP contribution in [0.25, 0.3) is 0 Å². The van der Waals surface area contributed by atoms with E-state index in [1.54, 1.807) is 20.1 Å². The van der Waals surface area contributed by atoms with E-state index in [-0.39, 0.29) is 17.5 Å². The number of nitrogens with one attached hydrogen (secondary N) is 1. The largest absolute Gasteiger partial charge is 0.497 e. The maximum atomic E-state index is 12.5. The summed E-state index contributed by atoms with van der Waals surface area (Å²) in [5.41, 5.74) is 2.40. The van der Waals surface area contributed by atoms with Crippen LogP contribution in [0.15, 0.2) is 36.4 Å². The quantitative estimate of drug-likeness (QED) is 0.565. The number of nitro benzene ring substituents is 1. The Morgan fingerprint density at radius 1 is 1.28 bits per heavy atom. The maximum absolute atomic E-state index is 12.5. The number of hydrogen-bond donors (Lipinski definition) is 1. The number of hydrogen-bond acceptors (Lipinski definition) is 5. The Morgan fingerprint density at radius 2 is 1.93 bits per heavy atom. The number of anilines is 1. The lowest BCUT2D eigenvalue weighted by Gasteiger charge is -2.33. The van der Waals surface area contributed by atoms with Gasteiger partial charge in [0.15, 0.2) is 0 Å². The van der Waals surface area contributed by atoms with Gasteiger partial charge >= 0.3 is 0 Å². The molecule has 8 heteroatoms. The van der Waals surface area contributed by atoms with Crippen molar-refractivity contribution in [2.45, 2.75) is 26.3 Å². The molecule has 2 aromatic carbocycles. The molecule has 0 saturated carbocycles. The molecule has 29 heavy (non-hydrogen) atoms. The first-order valence-corrected chi connectivity index (χ1v) is 9.87. The van der Waals surface area contributed by atoms with Crippen molar-refractivity contribution in [3.8, 4) is 5.75 Å². The van der Waals surface area contributed by atoms with Gasteiger partial charge in [0, 0.05) is 37.2 Å². The number of nitro groups is 1. The molecule has 0 spiro atoms. The summed E-state index contributed by atoms with van der Waals surface area (Å²) in [5.74, 6) is 0.779. The summed E-state index contributed by atoms with van der Waals surface area (Å²) in [6, 6.07) is 10.8. The summed E-state index contributed by atoms with van der Waals surface area (Å²) in [4.78, 5) is 25.2. The van der Waals surface area contributed by atoms with Gasteiger partial charge in [0.05, 0.1) is 22.7 Å². The van der Waals surface area contributed by atoms with Crippen molar-refractivity contribution in [2.75, 3.05) is 25.1 Å². The molecule has 0 aliphatic carbocycles. The fourth-order valence-electron chi connectivity index (χ4n) is 3.55. The Morgan fingerprint density at radius 3 is 2.52 bits per heavy atom. The van der Waals surface area contributed by atoms with Gasteiger partial charge in [-0.25, -0.2) is 0 Å². The second kappa shape index (κ2) is 9.13. The molecular weight excluding hydrogens is 394 g/mol. The average Bonchev–Trinajstić information content (AvgIpc) is 2.73. The highest BCUT2D eigenvalue weighted by Gasteiger charge is 2.27. The van der Waals surface area contributed by atoms with Crippen molar-refractivity contribution >= 4 is 28.9 Å². The van der Waals surface area contributed by atoms with Crippen LogP contribution >= 0.6 is 11.6 Å². The Hall–Kier alpha value is -2.80. The van der Waals surface area contributed by atoms with E-state index in [4.69, 9.17) is 16.3 Å². The zero-order valence-corrected chi connectivity index (χ0v) is 17.2. The summed E-state index contributed by atoms with van der Waals surface area (Å²) < 4.78 is 5.14. The van der Waals surface area contributed by atoms with E-state index in [1.165, 1.54) is 6.07 Å². The van der Waals surface area contributed by atoms with E-state index in [9.17, 15) is 14.9 Å². The Balaban J connectivity index is 1.55. The third kappa shape index (κ3) is 4.98. The first-order valence-electron chi connectivity index (χ1n) is 9.49. The van der Waals surface area contributed by atoms with E-state index in [0.29, 0.717) is 43.1 Å². The summed E-state index contributed by atoms with van der Waals surface area (Å²) in [7, 11) is 1.62. The average molecular weight is 418 g/mol. The first-order chi connectivity index (χ1) is 13.9. The molecule has 1 aliphatic rings. The summed E-state index contributed by atoms with van der Waals surface area (Å²) in [6.45, 7) is 3.54. The van der Waals surface area contributed by atoms with E-state index in [1.807, 2.05) is 24.3 Å². The zero-order chi connectivity index (χ0) is 21.0. The molecule has 1 N–H and O–H groups in total. The number of aryl methyl sites for hydroxylation is 1. The molecule has 0 unspecified atom stereocenters. The molecule has 7 nitrogen and oxygen atoms in total. The number of nitrogens with zero attached hydrogens (tertiary/aromatic N) is 2. The molecule has 1 fully saturated rings. The van der Waals surface area contributed by atoms with Gasteiger partial charge < -0.3 is 15.0 Å². The van der Waals surface area contributed by atoms with Gasteiger partial charge in [-0.1, -0.05) is 23.7 Å². The number of carbonyl (C=O) groups excluding carboxylic acids is 1. The molecule has 3 rings (SSSR count). The maximum Gasteiger partial charge on any atom is 0.273 e. The van der Waals surface area contributed by atoms with E-state index < -0.39 is 4.92 Å². The van der Waals surface area contributed by atoms with Crippen LogP contribution < -0.4 is 15.0 Å². The molecular formula is C21H24ClN3O4. The van der Waals surface area contributed by atoms with Crippen LogP contribution in [0.5, 0.6) is 5.75 Å². The van der Waals surface area contributed by atoms with Crippen LogP contribution in [0.2, 0.25) is 5.02 Å². The fourth-order valence-corrected chi connectivity index (χ4v) is 3.83. The molecule has 0 aromatic heterocycles. The van der Waals surface area contributed by atoms with Crippen LogP contribution in [-0.2, 0) is 11.3 Å². The number of methoxy groups -OCH3 is 1. The predicted molar refractivity (Wildman–Crippen MR) is 113 cm³/mol. The minimum Gasteiger partial charge on any atom is -0.497 e. The second-order valence-electron chi connectivity index (χ2n) is 7.17. The van der Waals surface area contributed by atoms with Crippen molar-refractivity contribution in [3.05, 3.63) is 62.7 Å². The molecule has 0 atom stereocenters. The minimum absolute atomic E-state index is 0.0199. The Kier molecular flexibility index (Phi) is 6.59. The SMILES string of the molecule is COc1ccc(CNC(=O)C2CCN(c3cc(C)c([N+](=O)[O-])cc3Cl)CC2)cc1. The van der Waals surface area contributed by atoms with Crippen molar-refractivity contribution in [3.63, 3.8) is 0 Å². The molecule has 0 radical (unpaired) electrons. The number of ether oxygens (including phenoxy) is 1. The number of benzene rings is 2. The minimum atomic E-state index is -0.426. The summed E-state index contributed by atoms with van der Waals surface area (Å²) in [5, 5.41) is 14.4. The van der Waals surface area contributed by atoms with Gasteiger partial charge in [0.25, 0.3) is 5.69 Å². The zero-order valence-electron chi connectivity index (χ0n) is 16.5. The normalized spacial score (nSPS) is 14.5. The molecule has 1 aliphatic heterocycles. The predicted octanol–water partition coefficient (Wildman–Crippen LogP) is 4.10. The molecule has 1 amide bonds. The molecule has 0 bridgehead atoms. The van der Waals surface area contributed by atoms with Crippen LogP contribution in [0, 0.1) is 23.0 Å². The smallest absolute Gasteiger partial charge is 0.273 e. The van der Waals surface area contributed by atoms with E-state index >= 15 is 0 Å². The highest BCUT2D eigenvalue weighted by molar-refractivity contribution is 6.33. The lowest BCUT2D eigenvalue weighted by atomic mass is 9.95. The summed E-state index contributed by atoms with van der Waals surface area (Å²) in [6.07, 6.45) is 1.42. The molecule has 154 valence electrons. The fraction of sp³-hybridized carbons (Fsp3) is 0.381. The van der Waals surface area contributed by atoms with Crippen LogP contribution in [-0.4, -0.2) is 31.0 Å². The van der Waals surface area contributed by atoms with Crippen molar-refractivity contribution in [1.82, 2.24) is 5.32 Å². The van der Waals surface area contributed by atoms with Crippen molar-refractivity contribution < 1.29 is 14.5 Å². The monoisotopic (exact) mass is 417 g/mol. The van der Waals surface area contributed by atoms with Gasteiger partial charge in [0.2, 0.25) is 5.91 Å². The van der Waals surface area contributed by atoms with Crippen molar-refractivity contribution in [1.29, 1.82) is 0 Å². The van der Waals surface area contributed by atoms with E-state index in [2.05, 4.69) is 10.2 Å². The van der Waals surface area contributed by atoms with Gasteiger partial charge in [-0.05, 0) is 43.5 Å². The standard InChI is InChI=1S/C21H24ClN3O4/c1-14-11-20(18(22)12-19(14)25(27)28)24-9-7-16(8-10-24)21(26)23-13-15-3-5-17(29-2)6-4-15/h3-6,11-12,16H,7-10,13H2,1-2H3,(H,23,26). The summed E-state index contributed by atoms with van der Waals surface area (Å²) >= 11 is 6.28. The van der Waals surface area contributed by atoms with Crippen LogP contribution in [0.3, 0.4) is 0 Å². The number of rotatable bonds is 6. The topological polar surface area (TPSA) is 84.7 Å².